The summed E-state index contributed by atoms with van der Waals surface area (Å²) in [6, 6.07) is 15.5. The smallest absolute Gasteiger partial charge is 0.256 e. The molecule has 0 radical (unpaired) electrons. The maximum absolute atomic E-state index is 4.69. The molecule has 2 aliphatic rings. The summed E-state index contributed by atoms with van der Waals surface area (Å²) in [6.45, 7) is 0.417. The number of nitrogens with zero attached hydrogens (tertiary/aromatic N) is 10. The first-order valence-electron chi connectivity index (χ1n) is 10.7. The summed E-state index contributed by atoms with van der Waals surface area (Å²) in [5, 5.41) is 6.77. The lowest BCUT2D eigenvalue weighted by Crippen LogP contribution is -2.08. The zero-order chi connectivity index (χ0) is 23.2. The summed E-state index contributed by atoms with van der Waals surface area (Å²) in [4.78, 5) is 47.5. The maximum atomic E-state index is 4.69. The molecule has 0 fully saturated rings. The lowest BCUT2D eigenvalue weighted by Gasteiger charge is -2.13. The Morgan fingerprint density at radius 3 is 1.66 bits per heavy atom. The lowest BCUT2D eigenvalue weighted by atomic mass is 10.1. The van der Waals surface area contributed by atoms with Gasteiger partial charge in [0.25, 0.3) is 23.1 Å². The van der Waals surface area contributed by atoms with E-state index in [1.54, 1.807) is 0 Å². The van der Waals surface area contributed by atoms with E-state index in [0.29, 0.717) is 23.7 Å². The number of aromatic nitrogens is 11. The second-order valence-electron chi connectivity index (χ2n) is 7.68. The van der Waals surface area contributed by atoms with Gasteiger partial charge in [-0.05, 0) is 0 Å². The van der Waals surface area contributed by atoms with Crippen molar-refractivity contribution in [3.63, 3.8) is 0 Å². The van der Waals surface area contributed by atoms with E-state index in [2.05, 4.69) is 60.1 Å². The van der Waals surface area contributed by atoms with E-state index >= 15 is 0 Å². The topological polar surface area (TPSA) is 157 Å². The Kier molecular flexibility index (Phi) is 4.21. The van der Waals surface area contributed by atoms with Crippen molar-refractivity contribution >= 4 is 61.8 Å². The van der Waals surface area contributed by atoms with E-state index in [1.807, 2.05) is 48.5 Å². The summed E-state index contributed by atoms with van der Waals surface area (Å²) in [5.41, 5.74) is 1.86. The van der Waals surface area contributed by atoms with Gasteiger partial charge in [0, 0.05) is 21.5 Å². The molecule has 166 valence electrons. The zero-order valence-corrected chi connectivity index (χ0v) is 18.0. The molecule has 6 aromatic rings. The van der Waals surface area contributed by atoms with Gasteiger partial charge in [0.05, 0.1) is 12.2 Å². The minimum absolute atomic E-state index is 0.219. The molecule has 4 aromatic heterocycles. The SMILES string of the molecule is c1ccc2c(c1)C1=Nc3ncnc(n3)N=c3[nH]c(c4ccccc34)=Nc3ncnc(n3)N=C2NC1. The summed E-state index contributed by atoms with van der Waals surface area (Å²) < 4.78 is 0. The third kappa shape index (κ3) is 3.40. The number of hydrogen-bond donors (Lipinski definition) is 2. The molecular weight excluding hydrogens is 444 g/mol. The predicted octanol–water partition coefficient (Wildman–Crippen LogP) is 2.90. The van der Waals surface area contributed by atoms with E-state index in [0.717, 1.165) is 27.2 Å². The normalized spacial score (nSPS) is 12.1. The van der Waals surface area contributed by atoms with Crippen LogP contribution in [0.1, 0.15) is 5.69 Å². The van der Waals surface area contributed by atoms with Gasteiger partial charge >= 0.3 is 0 Å². The van der Waals surface area contributed by atoms with Crippen LogP contribution in [0, 0.1) is 0 Å². The second kappa shape index (κ2) is 7.66. The highest BCUT2D eigenvalue weighted by atomic mass is 15.2. The first kappa shape index (κ1) is 19.2. The van der Waals surface area contributed by atoms with E-state index < -0.39 is 0 Å². The van der Waals surface area contributed by atoms with Crippen molar-refractivity contribution in [2.75, 3.05) is 5.32 Å². The molecule has 6 heterocycles. The second-order valence-corrected chi connectivity index (χ2v) is 7.68. The summed E-state index contributed by atoms with van der Waals surface area (Å²) in [5.74, 6) is 1.57. The third-order valence-corrected chi connectivity index (χ3v) is 5.55. The first-order chi connectivity index (χ1) is 17.3. The average molecular weight is 458 g/mol. The van der Waals surface area contributed by atoms with Gasteiger partial charge in [-0.3, -0.25) is 0 Å². The van der Waals surface area contributed by atoms with Gasteiger partial charge in [0.1, 0.15) is 29.8 Å². The standard InChI is InChI=1S/C23H14N12/c1-2-6-13-12(5-1)16-9-24-17(13)31-21-26-11-28-23(35-21)33-19-15-8-4-3-7-14(15)18(30-19)32-22-27-10-25-20(29-16)34-22/h1-8,10-11H,9H2,(H2,24,25,26,27,28,30,31,32,33,34,35). The van der Waals surface area contributed by atoms with Gasteiger partial charge in [-0.25, -0.2) is 4.98 Å². The lowest BCUT2D eigenvalue weighted by molar-refractivity contribution is 1.01. The molecule has 0 aliphatic carbocycles. The highest BCUT2D eigenvalue weighted by Gasteiger charge is 2.12. The van der Waals surface area contributed by atoms with Crippen molar-refractivity contribution < 1.29 is 0 Å². The molecule has 0 amide bonds. The van der Waals surface area contributed by atoms with Crippen molar-refractivity contribution in [1.82, 2.24) is 54.8 Å². The molecule has 0 atom stereocenters. The van der Waals surface area contributed by atoms with Crippen LogP contribution in [-0.2, 0) is 6.54 Å². The van der Waals surface area contributed by atoms with Crippen LogP contribution < -0.4 is 5.32 Å². The van der Waals surface area contributed by atoms with Crippen LogP contribution in [0.15, 0.2) is 61.2 Å². The van der Waals surface area contributed by atoms with Crippen LogP contribution in [0.4, 0.5) is 5.82 Å². The summed E-state index contributed by atoms with van der Waals surface area (Å²) in [6.07, 6.45) is 2.79. The summed E-state index contributed by atoms with van der Waals surface area (Å²) in [7, 11) is 0. The quantitative estimate of drug-likeness (QED) is 0.345. The molecule has 2 aromatic carbocycles. The van der Waals surface area contributed by atoms with Crippen LogP contribution in [0.25, 0.3) is 55.9 Å². The number of aromatic amines is 1. The molecule has 0 saturated heterocycles. The Labute approximate surface area is 195 Å². The number of rotatable bonds is 0. The van der Waals surface area contributed by atoms with Gasteiger partial charge in [-0.15, -0.1) is 0 Å². The van der Waals surface area contributed by atoms with Crippen LogP contribution >= 0.6 is 0 Å². The fourth-order valence-corrected chi connectivity index (χ4v) is 4.01. The van der Waals surface area contributed by atoms with Gasteiger partial charge < -0.3 is 10.3 Å². The van der Waals surface area contributed by atoms with Crippen molar-refractivity contribution in [1.29, 1.82) is 0 Å². The maximum Gasteiger partial charge on any atom is 0.256 e. The molecule has 0 saturated carbocycles. The predicted molar refractivity (Wildman–Crippen MR) is 129 cm³/mol. The molecule has 8 rings (SSSR count). The molecule has 0 unspecified atom stereocenters. The molecule has 12 nitrogen and oxygen atoms in total. The van der Waals surface area contributed by atoms with E-state index in [4.69, 9.17) is 0 Å². The van der Waals surface area contributed by atoms with Crippen LogP contribution in [0.5, 0.6) is 0 Å². The molecular formula is C23H14N12. The number of hydrogen-bond acceptors (Lipinski definition) is 11. The minimum Gasteiger partial charge on any atom is -0.364 e. The highest BCUT2D eigenvalue weighted by molar-refractivity contribution is 6.04. The zero-order valence-electron chi connectivity index (χ0n) is 18.0. The fraction of sp³-hybridized carbons (Fsp3) is 0.0435. The molecule has 35 heavy (non-hydrogen) atoms. The van der Waals surface area contributed by atoms with Crippen molar-refractivity contribution in [3.05, 3.63) is 66.9 Å². The molecule has 0 spiro atoms. The number of fused-ring (bicyclic) bond motifs is 2. The largest absolute Gasteiger partial charge is 0.364 e. The third-order valence-electron chi connectivity index (χ3n) is 5.55. The van der Waals surface area contributed by atoms with E-state index in [1.165, 1.54) is 12.7 Å². The van der Waals surface area contributed by atoms with Crippen LogP contribution in [-0.4, -0.2) is 54.8 Å². The monoisotopic (exact) mass is 458 g/mol. The Hall–Kier alpha value is -5.26. The van der Waals surface area contributed by atoms with Crippen LogP contribution in [0.2, 0.25) is 0 Å². The fourth-order valence-electron chi connectivity index (χ4n) is 4.01. The first-order valence-corrected chi connectivity index (χ1v) is 10.7. The van der Waals surface area contributed by atoms with Gasteiger partial charge in [0.15, 0.2) is 0 Å². The molecule has 2 N–H and O–H groups in total. The Morgan fingerprint density at radius 1 is 0.514 bits per heavy atom. The molecule has 12 heteroatoms. The summed E-state index contributed by atoms with van der Waals surface area (Å²) >= 11 is 0. The van der Waals surface area contributed by atoms with Crippen molar-refractivity contribution in [3.8, 4) is 0 Å². The molecule has 2 aliphatic heterocycles. The average Bonchev–Trinajstić information content (AvgIpc) is 3.22. The number of benzene rings is 2. The Morgan fingerprint density at radius 2 is 1.03 bits per heavy atom. The van der Waals surface area contributed by atoms with E-state index in [9.17, 15) is 0 Å². The van der Waals surface area contributed by atoms with Gasteiger partial charge in [0.2, 0.25) is 0 Å². The number of anilines is 1. The number of H-pyrrole nitrogens is 1. The minimum atomic E-state index is 0.219. The van der Waals surface area contributed by atoms with Gasteiger partial charge in [-0.2, -0.15) is 44.9 Å². The highest BCUT2D eigenvalue weighted by Crippen LogP contribution is 2.26. The van der Waals surface area contributed by atoms with E-state index in [-0.39, 0.29) is 23.1 Å². The van der Waals surface area contributed by atoms with Crippen LogP contribution in [0.3, 0.4) is 0 Å². The number of nitrogens with one attached hydrogen (secondary N) is 2. The van der Waals surface area contributed by atoms with Gasteiger partial charge in [-0.1, -0.05) is 48.5 Å². The van der Waals surface area contributed by atoms with Crippen molar-refractivity contribution in [2.45, 2.75) is 6.54 Å². The molecule has 8 bridgehead atoms. The Balaban J connectivity index is 1.69. The van der Waals surface area contributed by atoms with Crippen molar-refractivity contribution in [2.24, 2.45) is 0 Å². The Bertz CT molecular complexity index is 1790.